The van der Waals surface area contributed by atoms with Crippen molar-refractivity contribution in [1.82, 2.24) is 4.90 Å². The summed E-state index contributed by atoms with van der Waals surface area (Å²) in [6.45, 7) is 2.33. The lowest BCUT2D eigenvalue weighted by molar-refractivity contribution is 0.432. The molecule has 1 atom stereocenters. The van der Waals surface area contributed by atoms with Gasteiger partial charge in [0.15, 0.2) is 0 Å². The van der Waals surface area contributed by atoms with E-state index in [1.54, 1.807) is 0 Å². The van der Waals surface area contributed by atoms with Crippen LogP contribution in [0.15, 0.2) is 30.3 Å². The summed E-state index contributed by atoms with van der Waals surface area (Å²) in [6, 6.07) is 10.7. The molecule has 1 aromatic carbocycles. The second-order valence-corrected chi connectivity index (χ2v) is 3.92. The van der Waals surface area contributed by atoms with Crippen LogP contribution in [0.4, 0.5) is 0 Å². The molecule has 1 aliphatic rings. The van der Waals surface area contributed by atoms with E-state index in [-0.39, 0.29) is 0 Å². The molecule has 0 saturated carbocycles. The average molecular weight is 174 g/mol. The third kappa shape index (κ3) is 2.31. The van der Waals surface area contributed by atoms with Crippen LogP contribution in [0.3, 0.4) is 0 Å². The summed E-state index contributed by atoms with van der Waals surface area (Å²) in [4.78, 5) is 2.17. The highest BCUT2D eigenvalue weighted by Crippen LogP contribution is 2.19. The van der Waals surface area contributed by atoms with Gasteiger partial charge in [0.05, 0.1) is 0 Å². The molecule has 0 aromatic heterocycles. The van der Waals surface area contributed by atoms with Crippen molar-refractivity contribution in [1.29, 1.82) is 0 Å². The third-order valence-corrected chi connectivity index (χ3v) is 2.74. The van der Waals surface area contributed by atoms with Gasteiger partial charge in [0.2, 0.25) is 0 Å². The van der Waals surface area contributed by atoms with Crippen molar-refractivity contribution in [3.63, 3.8) is 0 Å². The highest BCUT2D eigenvalue weighted by atomic mass is 15.1. The minimum Gasteiger partial charge on any atom is -0.459 e. The van der Waals surface area contributed by atoms with Crippen molar-refractivity contribution in [3.05, 3.63) is 42.9 Å². The zero-order chi connectivity index (χ0) is 9.10. The molecule has 2 rings (SSSR count). The van der Waals surface area contributed by atoms with E-state index in [4.69, 9.17) is 0 Å². The smallest absolute Gasteiger partial charge is 0.0239 e. The van der Waals surface area contributed by atoms with E-state index < -0.39 is 0 Å². The van der Waals surface area contributed by atoms with Crippen LogP contribution >= 0.6 is 0 Å². The second-order valence-electron chi connectivity index (χ2n) is 3.92. The Labute approximate surface area is 80.4 Å². The first-order valence-corrected chi connectivity index (χ1v) is 4.94. The molecule has 0 aliphatic carbocycles. The van der Waals surface area contributed by atoms with E-state index in [1.165, 1.54) is 18.4 Å². The largest absolute Gasteiger partial charge is 0.459 e. The number of nitrogens with zero attached hydrogens (tertiary/aromatic N) is 1. The van der Waals surface area contributed by atoms with E-state index in [9.17, 15) is 0 Å². The zero-order valence-corrected chi connectivity index (χ0v) is 7.95. The van der Waals surface area contributed by atoms with Gasteiger partial charge in [0, 0.05) is 0 Å². The summed E-state index contributed by atoms with van der Waals surface area (Å²) < 4.78 is 0. The van der Waals surface area contributed by atoms with Gasteiger partial charge < -0.3 is 4.90 Å². The van der Waals surface area contributed by atoms with Crippen LogP contribution in [0, 0.1) is 13.0 Å². The van der Waals surface area contributed by atoms with Crippen LogP contribution < -0.4 is 0 Å². The SMILES string of the molecule is [CH2-]N1CCC(Cc2ccccc2)C1. The predicted molar refractivity (Wildman–Crippen MR) is 55.2 cm³/mol. The number of hydrogen-bond donors (Lipinski definition) is 0. The maximum absolute atomic E-state index is 3.96. The van der Waals surface area contributed by atoms with Gasteiger partial charge in [-0.05, 0) is 37.4 Å². The first-order valence-electron chi connectivity index (χ1n) is 4.94. The molecule has 1 nitrogen and oxygen atoms in total. The first kappa shape index (κ1) is 8.76. The van der Waals surface area contributed by atoms with Crippen LogP contribution in [-0.4, -0.2) is 18.0 Å². The van der Waals surface area contributed by atoms with Gasteiger partial charge in [-0.2, -0.15) is 0 Å². The molecule has 0 radical (unpaired) electrons. The fourth-order valence-electron chi connectivity index (χ4n) is 2.03. The molecule has 0 N–H and O–H groups in total. The summed E-state index contributed by atoms with van der Waals surface area (Å²) in [5.41, 5.74) is 1.46. The van der Waals surface area contributed by atoms with Crippen molar-refractivity contribution < 1.29 is 0 Å². The molecule has 1 unspecified atom stereocenters. The van der Waals surface area contributed by atoms with Crippen molar-refractivity contribution in [2.45, 2.75) is 12.8 Å². The Morgan fingerprint density at radius 1 is 1.31 bits per heavy atom. The lowest BCUT2D eigenvalue weighted by atomic mass is 9.99. The number of rotatable bonds is 2. The van der Waals surface area contributed by atoms with Gasteiger partial charge in [-0.3, -0.25) is 7.05 Å². The Balaban J connectivity index is 1.92. The molecule has 1 heteroatoms. The van der Waals surface area contributed by atoms with Crippen molar-refractivity contribution in [3.8, 4) is 0 Å². The summed E-state index contributed by atoms with van der Waals surface area (Å²) in [7, 11) is 3.96. The van der Waals surface area contributed by atoms with Crippen molar-refractivity contribution >= 4 is 0 Å². The third-order valence-electron chi connectivity index (χ3n) is 2.74. The average Bonchev–Trinajstić information content (AvgIpc) is 2.53. The molecule has 0 amide bonds. The Morgan fingerprint density at radius 3 is 2.69 bits per heavy atom. The summed E-state index contributed by atoms with van der Waals surface area (Å²) in [5, 5.41) is 0. The number of benzene rings is 1. The quantitative estimate of drug-likeness (QED) is 0.622. The molecule has 0 bridgehead atoms. The molecule has 1 saturated heterocycles. The molecule has 70 valence electrons. The van der Waals surface area contributed by atoms with Crippen LogP contribution in [0.1, 0.15) is 12.0 Å². The fraction of sp³-hybridized carbons (Fsp3) is 0.417. The van der Waals surface area contributed by atoms with E-state index in [0.717, 1.165) is 19.0 Å². The highest BCUT2D eigenvalue weighted by molar-refractivity contribution is 5.15. The Morgan fingerprint density at radius 2 is 2.08 bits per heavy atom. The lowest BCUT2D eigenvalue weighted by Crippen LogP contribution is -2.12. The molecule has 1 fully saturated rings. The number of likely N-dealkylation sites (tertiary alicyclic amines) is 1. The molecule has 13 heavy (non-hydrogen) atoms. The Hall–Kier alpha value is -0.820. The van der Waals surface area contributed by atoms with E-state index in [2.05, 4.69) is 42.3 Å². The highest BCUT2D eigenvalue weighted by Gasteiger charge is 2.15. The second kappa shape index (κ2) is 3.93. The fourth-order valence-corrected chi connectivity index (χ4v) is 2.03. The first-order chi connectivity index (χ1) is 6.34. The molecular weight excluding hydrogens is 158 g/mol. The standard InChI is InChI=1S/C12H16N/c1-13-8-7-12(10-13)9-11-5-3-2-4-6-11/h2-6,12H,1,7-10H2/q-1. The van der Waals surface area contributed by atoms with E-state index in [0.29, 0.717) is 0 Å². The van der Waals surface area contributed by atoms with Gasteiger partial charge in [0.25, 0.3) is 0 Å². The van der Waals surface area contributed by atoms with Crippen LogP contribution in [0.5, 0.6) is 0 Å². The van der Waals surface area contributed by atoms with Crippen molar-refractivity contribution in [2.75, 3.05) is 13.1 Å². The zero-order valence-electron chi connectivity index (χ0n) is 7.95. The minimum atomic E-state index is 0.819. The minimum absolute atomic E-state index is 0.819. The Bertz CT molecular complexity index is 255. The maximum atomic E-state index is 3.96. The summed E-state index contributed by atoms with van der Waals surface area (Å²) >= 11 is 0. The van der Waals surface area contributed by atoms with Gasteiger partial charge in [0.1, 0.15) is 0 Å². The molecular formula is C12H16N-. The summed E-state index contributed by atoms with van der Waals surface area (Å²) in [5.74, 6) is 0.819. The van der Waals surface area contributed by atoms with Crippen molar-refractivity contribution in [2.24, 2.45) is 5.92 Å². The van der Waals surface area contributed by atoms with E-state index >= 15 is 0 Å². The summed E-state index contributed by atoms with van der Waals surface area (Å²) in [6.07, 6.45) is 2.52. The van der Waals surface area contributed by atoms with Crippen LogP contribution in [-0.2, 0) is 6.42 Å². The molecule has 0 spiro atoms. The monoisotopic (exact) mass is 174 g/mol. The Kier molecular flexibility index (Phi) is 2.65. The predicted octanol–water partition coefficient (Wildman–Crippen LogP) is 2.34. The molecule has 1 aliphatic heterocycles. The van der Waals surface area contributed by atoms with Crippen LogP contribution in [0.2, 0.25) is 0 Å². The number of hydrogen-bond acceptors (Lipinski definition) is 1. The molecule has 1 heterocycles. The maximum Gasteiger partial charge on any atom is -0.0239 e. The van der Waals surface area contributed by atoms with Gasteiger partial charge in [-0.15, -0.1) is 0 Å². The van der Waals surface area contributed by atoms with E-state index in [1.807, 2.05) is 0 Å². The molecule has 1 aromatic rings. The van der Waals surface area contributed by atoms with Gasteiger partial charge in [-0.1, -0.05) is 30.3 Å². The normalized spacial score (nSPS) is 23.6. The van der Waals surface area contributed by atoms with Gasteiger partial charge in [-0.25, -0.2) is 0 Å². The van der Waals surface area contributed by atoms with Crippen LogP contribution in [0.25, 0.3) is 0 Å². The topological polar surface area (TPSA) is 3.24 Å². The lowest BCUT2D eigenvalue weighted by Gasteiger charge is -2.16. The van der Waals surface area contributed by atoms with Gasteiger partial charge >= 0.3 is 0 Å².